The molecule has 0 aromatic heterocycles. The summed E-state index contributed by atoms with van der Waals surface area (Å²) in [5, 5.41) is 2.65. The third kappa shape index (κ3) is 6.65. The summed E-state index contributed by atoms with van der Waals surface area (Å²) in [4.78, 5) is 5.14. The van der Waals surface area contributed by atoms with Gasteiger partial charge in [-0.15, -0.1) is 6.42 Å². The van der Waals surface area contributed by atoms with Crippen molar-refractivity contribution < 1.29 is 4.43 Å². The van der Waals surface area contributed by atoms with E-state index in [9.17, 15) is 0 Å². The van der Waals surface area contributed by atoms with Gasteiger partial charge in [0.2, 0.25) is 0 Å². The maximum absolute atomic E-state index is 7.24. The van der Waals surface area contributed by atoms with Crippen molar-refractivity contribution in [2.75, 3.05) is 33.3 Å². The van der Waals surface area contributed by atoms with Crippen LogP contribution in [0.25, 0.3) is 0 Å². The Bertz CT molecular complexity index is 1130. The molecule has 1 aliphatic rings. The summed E-state index contributed by atoms with van der Waals surface area (Å²) in [6, 6.07) is 30.9. The predicted molar refractivity (Wildman–Crippen MR) is 163 cm³/mol. The van der Waals surface area contributed by atoms with Crippen LogP contribution in [0.15, 0.2) is 84.9 Å². The molecule has 1 saturated heterocycles. The first-order valence-corrected chi connectivity index (χ1v) is 16.0. The summed E-state index contributed by atoms with van der Waals surface area (Å²) in [6.07, 6.45) is 9.48. The van der Waals surface area contributed by atoms with Crippen LogP contribution in [-0.4, -0.2) is 57.4 Å². The molecule has 1 unspecified atom stereocenters. The molecule has 4 heteroatoms. The van der Waals surface area contributed by atoms with E-state index in [2.05, 4.69) is 128 Å². The van der Waals surface area contributed by atoms with E-state index >= 15 is 0 Å². The van der Waals surface area contributed by atoms with Crippen LogP contribution in [0, 0.1) is 12.3 Å². The van der Waals surface area contributed by atoms with Gasteiger partial charge in [0.05, 0.1) is 0 Å². The number of piperidine rings is 1. The first-order valence-electron chi connectivity index (χ1n) is 14.1. The summed E-state index contributed by atoms with van der Waals surface area (Å²) in [6.45, 7) is 11.8. The van der Waals surface area contributed by atoms with Crippen molar-refractivity contribution in [2.45, 2.75) is 57.7 Å². The molecule has 0 radical (unpaired) electrons. The average Bonchev–Trinajstić information content (AvgIpc) is 2.93. The van der Waals surface area contributed by atoms with Gasteiger partial charge in [-0.3, -0.25) is 4.90 Å². The van der Waals surface area contributed by atoms with Gasteiger partial charge < -0.3 is 9.33 Å². The molecule has 3 aromatic carbocycles. The molecule has 4 rings (SSSR count). The first kappa shape index (κ1) is 28.3. The zero-order valence-electron chi connectivity index (χ0n) is 23.7. The second-order valence-corrected chi connectivity index (χ2v) is 16.0. The SMILES string of the molecule is C#Cc1ccc(CN(CCO[Si](c2ccccc2)(c2ccccc2)C(C)(C)C)CC2CCCCN2C)cc1. The van der Waals surface area contributed by atoms with Gasteiger partial charge in [-0.25, -0.2) is 0 Å². The van der Waals surface area contributed by atoms with Gasteiger partial charge in [-0.05, 0) is 59.5 Å². The molecule has 1 atom stereocenters. The van der Waals surface area contributed by atoms with E-state index in [1.165, 1.54) is 41.7 Å². The Morgan fingerprint density at radius 2 is 1.53 bits per heavy atom. The molecule has 0 spiro atoms. The highest BCUT2D eigenvalue weighted by Crippen LogP contribution is 2.36. The van der Waals surface area contributed by atoms with Crippen LogP contribution in [0.4, 0.5) is 0 Å². The second-order valence-electron chi connectivity index (χ2n) is 11.7. The van der Waals surface area contributed by atoms with Crippen molar-refractivity contribution in [3.8, 4) is 12.3 Å². The Kier molecular flexibility index (Phi) is 9.63. The standard InChI is InChI=1S/C34H44N2OSi/c1-6-29-20-22-30(23-21-29)27-36(28-31-15-13-14-24-35(31)5)25-26-37-38(34(2,3)4,32-16-9-7-10-17-32)33-18-11-8-12-19-33/h1,7-12,16-23,31H,13-15,24-28H2,2-5H3. The number of likely N-dealkylation sites (tertiary alicyclic amines) is 1. The van der Waals surface area contributed by atoms with Crippen LogP contribution in [0.5, 0.6) is 0 Å². The van der Waals surface area contributed by atoms with Crippen molar-refractivity contribution >= 4 is 18.7 Å². The number of benzene rings is 3. The Morgan fingerprint density at radius 3 is 2.05 bits per heavy atom. The largest absolute Gasteiger partial charge is 0.406 e. The fourth-order valence-corrected chi connectivity index (χ4v) is 10.5. The lowest BCUT2D eigenvalue weighted by molar-refractivity contribution is 0.112. The van der Waals surface area contributed by atoms with E-state index < -0.39 is 8.32 Å². The first-order chi connectivity index (χ1) is 18.3. The summed E-state index contributed by atoms with van der Waals surface area (Å²) in [5.74, 6) is 2.74. The summed E-state index contributed by atoms with van der Waals surface area (Å²) in [5.41, 5.74) is 2.23. The summed E-state index contributed by atoms with van der Waals surface area (Å²) in [7, 11) is -0.265. The second kappa shape index (κ2) is 12.9. The van der Waals surface area contributed by atoms with E-state index in [0.29, 0.717) is 12.6 Å². The lowest BCUT2D eigenvalue weighted by Crippen LogP contribution is -2.67. The molecule has 3 nitrogen and oxygen atoms in total. The summed E-state index contributed by atoms with van der Waals surface area (Å²) < 4.78 is 7.24. The molecule has 3 aromatic rings. The van der Waals surface area contributed by atoms with Crippen molar-refractivity contribution in [1.29, 1.82) is 0 Å². The van der Waals surface area contributed by atoms with Crippen molar-refractivity contribution in [1.82, 2.24) is 9.80 Å². The van der Waals surface area contributed by atoms with Crippen LogP contribution in [-0.2, 0) is 11.0 Å². The zero-order chi connectivity index (χ0) is 27.0. The summed E-state index contributed by atoms with van der Waals surface area (Å²) >= 11 is 0. The van der Waals surface area contributed by atoms with E-state index in [1.54, 1.807) is 0 Å². The molecule has 200 valence electrons. The Hall–Kier alpha value is -2.68. The lowest BCUT2D eigenvalue weighted by atomic mass is 10.0. The van der Waals surface area contributed by atoms with E-state index in [4.69, 9.17) is 10.8 Å². The fraction of sp³-hybridized carbons (Fsp3) is 0.412. The van der Waals surface area contributed by atoms with E-state index in [1.807, 2.05) is 0 Å². The quantitative estimate of drug-likeness (QED) is 0.256. The number of hydrogen-bond acceptors (Lipinski definition) is 3. The normalized spacial score (nSPS) is 16.9. The van der Waals surface area contributed by atoms with Crippen molar-refractivity contribution in [3.05, 3.63) is 96.1 Å². The average molecular weight is 525 g/mol. The third-order valence-corrected chi connectivity index (χ3v) is 13.1. The number of hydrogen-bond donors (Lipinski definition) is 0. The number of likely N-dealkylation sites (N-methyl/N-ethyl adjacent to an activating group) is 1. The molecule has 0 saturated carbocycles. The van der Waals surface area contributed by atoms with Gasteiger partial charge in [-0.2, -0.15) is 0 Å². The van der Waals surface area contributed by atoms with Gasteiger partial charge in [0.25, 0.3) is 8.32 Å². The molecule has 0 bridgehead atoms. The Balaban J connectivity index is 1.59. The molecule has 0 N–H and O–H groups in total. The van der Waals surface area contributed by atoms with Gasteiger partial charge in [0, 0.05) is 37.8 Å². The van der Waals surface area contributed by atoms with Gasteiger partial charge in [0.15, 0.2) is 0 Å². The van der Waals surface area contributed by atoms with Crippen molar-refractivity contribution in [3.63, 3.8) is 0 Å². The zero-order valence-corrected chi connectivity index (χ0v) is 24.7. The minimum atomic E-state index is -2.55. The molecule has 0 aliphatic carbocycles. The number of rotatable bonds is 10. The highest BCUT2D eigenvalue weighted by Gasteiger charge is 2.50. The van der Waals surface area contributed by atoms with Crippen LogP contribution in [0.1, 0.15) is 51.2 Å². The minimum absolute atomic E-state index is 0.0187. The smallest absolute Gasteiger partial charge is 0.261 e. The topological polar surface area (TPSA) is 15.7 Å². The van der Waals surface area contributed by atoms with Crippen LogP contribution in [0.2, 0.25) is 5.04 Å². The highest BCUT2D eigenvalue weighted by atomic mass is 28.4. The highest BCUT2D eigenvalue weighted by molar-refractivity contribution is 6.99. The Labute approximate surface area is 232 Å². The molecule has 1 heterocycles. The third-order valence-electron chi connectivity index (χ3n) is 8.06. The predicted octanol–water partition coefficient (Wildman–Crippen LogP) is 5.53. The van der Waals surface area contributed by atoms with Crippen LogP contribution >= 0.6 is 0 Å². The Morgan fingerprint density at radius 1 is 0.921 bits per heavy atom. The number of nitrogens with zero attached hydrogens (tertiary/aromatic N) is 2. The van der Waals surface area contributed by atoms with Gasteiger partial charge in [0.1, 0.15) is 0 Å². The molecule has 0 amide bonds. The van der Waals surface area contributed by atoms with E-state index in [-0.39, 0.29) is 5.04 Å². The molecule has 1 aliphatic heterocycles. The lowest BCUT2D eigenvalue weighted by Gasteiger charge is -2.43. The molecular weight excluding hydrogens is 480 g/mol. The van der Waals surface area contributed by atoms with Crippen LogP contribution < -0.4 is 10.4 Å². The molecule has 1 fully saturated rings. The maximum Gasteiger partial charge on any atom is 0.261 e. The van der Waals surface area contributed by atoms with E-state index in [0.717, 1.165) is 25.2 Å². The fourth-order valence-electron chi connectivity index (χ4n) is 5.96. The van der Waals surface area contributed by atoms with Crippen molar-refractivity contribution in [2.24, 2.45) is 0 Å². The number of terminal acetylenes is 1. The van der Waals surface area contributed by atoms with Gasteiger partial charge in [-0.1, -0.05) is 106 Å². The van der Waals surface area contributed by atoms with Gasteiger partial charge >= 0.3 is 0 Å². The maximum atomic E-state index is 7.24. The minimum Gasteiger partial charge on any atom is -0.406 e. The molecular formula is C34H44N2OSi. The monoisotopic (exact) mass is 524 g/mol. The van der Waals surface area contributed by atoms with Crippen LogP contribution in [0.3, 0.4) is 0 Å². The molecule has 38 heavy (non-hydrogen) atoms.